The van der Waals surface area contributed by atoms with Crippen LogP contribution in [0.25, 0.3) is 0 Å². The first kappa shape index (κ1) is 3.41. The summed E-state index contributed by atoms with van der Waals surface area (Å²) >= 11 is 0. The number of hydrogen-bond donors (Lipinski definition) is 0. The van der Waals surface area contributed by atoms with Crippen molar-refractivity contribution < 1.29 is 14.3 Å². The van der Waals surface area contributed by atoms with Crippen molar-refractivity contribution in [3.63, 3.8) is 0 Å². The molecule has 1 rings (SSSR count). The van der Waals surface area contributed by atoms with E-state index in [1.54, 1.807) is 20.8 Å². The maximum Gasteiger partial charge on any atom is 0.118 e. The van der Waals surface area contributed by atoms with Gasteiger partial charge < -0.3 is 4.74 Å². The van der Waals surface area contributed by atoms with Crippen LogP contribution in [0.15, 0.2) is 24.2 Å². The van der Waals surface area contributed by atoms with Crippen molar-refractivity contribution in [1.82, 2.24) is 0 Å². The van der Waals surface area contributed by atoms with Gasteiger partial charge in [-0.3, -0.25) is 0 Å². The molecule has 1 nitrogen and oxygen atoms in total. The number of benzene rings is 1. The molecule has 1 aromatic carbocycles. The van der Waals surface area contributed by atoms with E-state index in [4.69, 9.17) is 9.60 Å². The molecular weight excluding hydrogens is 148 g/mol. The van der Waals surface area contributed by atoms with Crippen LogP contribution in [-0.2, 0) is 5.41 Å². The minimum Gasteiger partial charge on any atom is -0.497 e. The van der Waals surface area contributed by atoms with Gasteiger partial charge in [0, 0.05) is 0 Å². The molecule has 0 radical (unpaired) electrons. The molecule has 0 aromatic heterocycles. The van der Waals surface area contributed by atoms with E-state index in [-0.39, 0.29) is 17.6 Å². The normalized spacial score (nSPS) is 20.8. The largest absolute Gasteiger partial charge is 0.497 e. The highest BCUT2D eigenvalue weighted by atomic mass is 16.5. The Morgan fingerprint density at radius 2 is 1.83 bits per heavy atom. The van der Waals surface area contributed by atoms with Crippen LogP contribution in [0, 0.1) is 0 Å². The molecule has 0 amide bonds. The quantitative estimate of drug-likeness (QED) is 0.631. The molecule has 0 aliphatic carbocycles. The van der Waals surface area contributed by atoms with E-state index in [9.17, 15) is 0 Å². The minimum atomic E-state index is -2.81. The monoisotopic (exact) mass is 171 g/mol. The Hall–Kier alpha value is -0.980. The van der Waals surface area contributed by atoms with Crippen molar-refractivity contribution in [2.45, 2.75) is 26.2 Å². The van der Waals surface area contributed by atoms with Crippen LogP contribution in [0.1, 0.15) is 35.9 Å². The molecule has 0 unspecified atom stereocenters. The standard InChI is InChI=1S/C11H16O/c1-11(2,3)9-5-7-10(12-4)8-6-9/h5-8H,1-4H3/i4D3,5D,6D,7D,8D. The van der Waals surface area contributed by atoms with E-state index in [0.717, 1.165) is 0 Å². The minimum absolute atomic E-state index is 0.236. The molecular formula is C11H16O. The van der Waals surface area contributed by atoms with Crippen molar-refractivity contribution in [2.75, 3.05) is 7.04 Å². The molecule has 0 heterocycles. The zero-order chi connectivity index (χ0) is 15.2. The van der Waals surface area contributed by atoms with Gasteiger partial charge in [0.2, 0.25) is 0 Å². The zero-order valence-electron chi connectivity index (χ0n) is 14.4. The number of rotatable bonds is 1. The molecule has 0 aliphatic heterocycles. The van der Waals surface area contributed by atoms with Crippen molar-refractivity contribution >= 4 is 0 Å². The van der Waals surface area contributed by atoms with Crippen LogP contribution in [0.5, 0.6) is 5.75 Å². The van der Waals surface area contributed by atoms with Gasteiger partial charge in [0.1, 0.15) is 5.75 Å². The summed E-state index contributed by atoms with van der Waals surface area (Å²) < 4.78 is 56.9. The fourth-order valence-corrected chi connectivity index (χ4v) is 0.727. The SMILES string of the molecule is [2H]c1c([2H])c(C(C)(C)C)c([2H])c([2H])c1OC([2H])([2H])[2H]. The molecule has 0 spiro atoms. The average molecular weight is 171 g/mol. The molecule has 0 fully saturated rings. The van der Waals surface area contributed by atoms with E-state index < -0.39 is 30.3 Å². The molecule has 1 heteroatoms. The summed E-state index contributed by atoms with van der Waals surface area (Å²) in [6.45, 7) is 5.30. The lowest BCUT2D eigenvalue weighted by molar-refractivity contribution is 0.414. The summed E-state index contributed by atoms with van der Waals surface area (Å²) in [6.07, 6.45) is 0. The summed E-state index contributed by atoms with van der Waals surface area (Å²) in [5, 5.41) is 0. The van der Waals surface area contributed by atoms with Gasteiger partial charge in [0.25, 0.3) is 0 Å². The first-order chi connectivity index (χ1) is 8.36. The Morgan fingerprint density at radius 3 is 2.25 bits per heavy atom. The Bertz CT molecular complexity index is 470. The van der Waals surface area contributed by atoms with Gasteiger partial charge in [-0.2, -0.15) is 0 Å². The lowest BCUT2D eigenvalue weighted by Crippen LogP contribution is -2.10. The van der Waals surface area contributed by atoms with Crippen LogP contribution < -0.4 is 4.74 Å². The second kappa shape index (κ2) is 3.18. The summed E-state index contributed by atoms with van der Waals surface area (Å²) in [5.74, 6) is -0.539. The van der Waals surface area contributed by atoms with Gasteiger partial charge in [-0.05, 0) is 23.1 Å². The van der Waals surface area contributed by atoms with Gasteiger partial charge in [0.05, 0.1) is 16.6 Å². The number of methoxy groups -OCH3 is 1. The van der Waals surface area contributed by atoms with Crippen LogP contribution >= 0.6 is 0 Å². The van der Waals surface area contributed by atoms with Crippen molar-refractivity contribution in [3.8, 4) is 5.75 Å². The second-order valence-electron chi connectivity index (χ2n) is 3.56. The molecule has 0 saturated carbocycles. The third-order valence-corrected chi connectivity index (χ3v) is 1.45. The topological polar surface area (TPSA) is 9.23 Å². The summed E-state index contributed by atoms with van der Waals surface area (Å²) in [4.78, 5) is 0. The Balaban J connectivity index is 3.57. The maximum atomic E-state index is 7.88. The maximum absolute atomic E-state index is 7.88. The zero-order valence-corrected chi connectivity index (χ0v) is 7.41. The Labute approximate surface area is 84.2 Å². The predicted molar refractivity (Wildman–Crippen MR) is 51.7 cm³/mol. The third kappa shape index (κ3) is 2.00. The van der Waals surface area contributed by atoms with Crippen molar-refractivity contribution in [2.24, 2.45) is 0 Å². The molecule has 0 saturated heterocycles. The van der Waals surface area contributed by atoms with Gasteiger partial charge in [-0.15, -0.1) is 0 Å². The highest BCUT2D eigenvalue weighted by molar-refractivity contribution is 5.30. The molecule has 1 aromatic rings. The highest BCUT2D eigenvalue weighted by Crippen LogP contribution is 2.23. The van der Waals surface area contributed by atoms with Crippen LogP contribution in [-0.4, -0.2) is 7.04 Å². The summed E-state index contributed by atoms with van der Waals surface area (Å²) in [5.41, 5.74) is -0.349. The smallest absolute Gasteiger partial charge is 0.118 e. The molecule has 0 bridgehead atoms. The number of ether oxygens (including phenoxy) is 1. The molecule has 0 atom stereocenters. The Morgan fingerprint density at radius 1 is 1.25 bits per heavy atom. The van der Waals surface area contributed by atoms with Crippen molar-refractivity contribution in [1.29, 1.82) is 0 Å². The molecule has 12 heavy (non-hydrogen) atoms. The fourth-order valence-electron chi connectivity index (χ4n) is 0.727. The van der Waals surface area contributed by atoms with Gasteiger partial charge in [-0.1, -0.05) is 32.9 Å². The predicted octanol–water partition coefficient (Wildman–Crippen LogP) is 2.99. The third-order valence-electron chi connectivity index (χ3n) is 1.45. The van der Waals surface area contributed by atoms with Gasteiger partial charge in [0.15, 0.2) is 0 Å². The van der Waals surface area contributed by atoms with Crippen LogP contribution in [0.2, 0.25) is 0 Å². The average Bonchev–Trinajstić information content (AvgIpc) is 2.18. The van der Waals surface area contributed by atoms with E-state index in [2.05, 4.69) is 4.74 Å². The van der Waals surface area contributed by atoms with Crippen LogP contribution in [0.4, 0.5) is 0 Å². The first-order valence-electron chi connectivity index (χ1n) is 7.16. The van der Waals surface area contributed by atoms with Crippen molar-refractivity contribution in [3.05, 3.63) is 29.7 Å². The highest BCUT2D eigenvalue weighted by Gasteiger charge is 2.12. The van der Waals surface area contributed by atoms with E-state index in [1.807, 2.05) is 0 Å². The fraction of sp³-hybridized carbons (Fsp3) is 0.455. The van der Waals surface area contributed by atoms with Gasteiger partial charge >= 0.3 is 0 Å². The Kier molecular flexibility index (Phi) is 0.902. The molecule has 0 aliphatic rings. The van der Waals surface area contributed by atoms with E-state index in [1.165, 1.54) is 0 Å². The first-order valence-corrected chi connectivity index (χ1v) is 3.66. The molecule has 0 N–H and O–H groups in total. The summed E-state index contributed by atoms with van der Waals surface area (Å²) in [7, 11) is -2.81. The van der Waals surface area contributed by atoms with Crippen LogP contribution in [0.3, 0.4) is 0 Å². The number of hydrogen-bond acceptors (Lipinski definition) is 1. The lowest BCUT2D eigenvalue weighted by atomic mass is 9.87. The van der Waals surface area contributed by atoms with Gasteiger partial charge in [-0.25, -0.2) is 0 Å². The second-order valence-corrected chi connectivity index (χ2v) is 3.56. The lowest BCUT2D eigenvalue weighted by Gasteiger charge is -2.18. The summed E-state index contributed by atoms with van der Waals surface area (Å²) in [6, 6.07) is -1.48. The van der Waals surface area contributed by atoms with E-state index in [0.29, 0.717) is 0 Å². The molecule has 66 valence electrons. The van der Waals surface area contributed by atoms with E-state index >= 15 is 0 Å².